The summed E-state index contributed by atoms with van der Waals surface area (Å²) >= 11 is 6.07. The lowest BCUT2D eigenvalue weighted by molar-refractivity contribution is -0.119. The van der Waals surface area contributed by atoms with Crippen LogP contribution in [-0.4, -0.2) is 85.7 Å². The van der Waals surface area contributed by atoms with E-state index in [0.29, 0.717) is 26.2 Å². The number of rotatable bonds is 9. The Balaban J connectivity index is 0.00000432. The summed E-state index contributed by atoms with van der Waals surface area (Å²) in [5.74, 6) is -1.85. The third-order valence-corrected chi connectivity index (χ3v) is 5.89. The molecule has 1 aliphatic heterocycles. The minimum absolute atomic E-state index is 0. The maximum absolute atomic E-state index is 14.2. The number of likely N-dealkylation sites (N-methyl/N-ethyl adjacent to an activating group) is 1. The fourth-order valence-corrected chi connectivity index (χ4v) is 3.90. The average Bonchev–Trinajstić information content (AvgIpc) is 2.83. The van der Waals surface area contributed by atoms with Crippen LogP contribution in [0.15, 0.2) is 42.5 Å². The number of nitrogens with zero attached hydrogens (tertiary/aromatic N) is 3. The fourth-order valence-electron chi connectivity index (χ4n) is 3.73. The van der Waals surface area contributed by atoms with E-state index in [-0.39, 0.29) is 47.3 Å². The predicted octanol–water partition coefficient (Wildman–Crippen LogP) is 3.80. The van der Waals surface area contributed by atoms with Gasteiger partial charge in [-0.25, -0.2) is 9.18 Å². The predicted molar refractivity (Wildman–Crippen MR) is 133 cm³/mol. The highest BCUT2D eigenvalue weighted by molar-refractivity contribution is 6.31. The Morgan fingerprint density at radius 1 is 1.11 bits per heavy atom. The van der Waals surface area contributed by atoms with Crippen molar-refractivity contribution < 1.29 is 28.6 Å². The monoisotopic (exact) mass is 527 g/mol. The van der Waals surface area contributed by atoms with E-state index in [1.165, 1.54) is 54.4 Å². The van der Waals surface area contributed by atoms with Crippen molar-refractivity contribution in [3.8, 4) is 0 Å². The molecule has 8 nitrogen and oxygen atoms in total. The molecule has 2 amide bonds. The van der Waals surface area contributed by atoms with E-state index in [1.807, 2.05) is 0 Å². The van der Waals surface area contributed by atoms with Gasteiger partial charge >= 0.3 is 6.09 Å². The lowest BCUT2D eigenvalue weighted by Crippen LogP contribution is -2.43. The molecule has 1 saturated heterocycles. The Labute approximate surface area is 214 Å². The zero-order valence-electron chi connectivity index (χ0n) is 19.3. The number of anilines is 1. The topological polar surface area (TPSA) is 90.4 Å². The molecule has 0 spiro atoms. The molecule has 1 N–H and O–H groups in total. The molecule has 0 atom stereocenters. The van der Waals surface area contributed by atoms with Crippen molar-refractivity contribution in [2.24, 2.45) is 0 Å². The molecule has 190 valence electrons. The van der Waals surface area contributed by atoms with Crippen LogP contribution in [0.5, 0.6) is 0 Å². The van der Waals surface area contributed by atoms with Gasteiger partial charge in [-0.05, 0) is 36.8 Å². The van der Waals surface area contributed by atoms with E-state index >= 15 is 0 Å². The van der Waals surface area contributed by atoms with E-state index in [0.717, 1.165) is 18.0 Å². The molecule has 0 aromatic heterocycles. The van der Waals surface area contributed by atoms with E-state index in [9.17, 15) is 23.9 Å². The fraction of sp³-hybridized carbons (Fsp3) is 0.375. The van der Waals surface area contributed by atoms with Gasteiger partial charge in [0.25, 0.3) is 0 Å². The number of carbonyl (C=O) groups excluding carboxylic acids is 2. The number of carboxylic acid groups (broad SMARTS) is 1. The summed E-state index contributed by atoms with van der Waals surface area (Å²) in [5.41, 5.74) is 0.103. The second-order valence-corrected chi connectivity index (χ2v) is 8.37. The van der Waals surface area contributed by atoms with Crippen molar-refractivity contribution in [2.75, 3.05) is 57.9 Å². The van der Waals surface area contributed by atoms with Crippen molar-refractivity contribution in [2.45, 2.75) is 6.42 Å². The molecule has 11 heteroatoms. The Bertz CT molecular complexity index is 1050. The highest BCUT2D eigenvalue weighted by Gasteiger charge is 2.25. The number of halogens is 3. The summed E-state index contributed by atoms with van der Waals surface area (Å²) in [7, 11) is 1.44. The van der Waals surface area contributed by atoms with Gasteiger partial charge in [0.1, 0.15) is 12.4 Å². The van der Waals surface area contributed by atoms with Crippen molar-refractivity contribution in [1.82, 2.24) is 9.80 Å². The number of ether oxygens (including phenoxy) is 1. The smallest absolute Gasteiger partial charge is 0.407 e. The zero-order chi connectivity index (χ0) is 24.7. The molecule has 0 radical (unpaired) electrons. The first-order chi connectivity index (χ1) is 16.3. The average molecular weight is 528 g/mol. The van der Waals surface area contributed by atoms with Gasteiger partial charge in [-0.1, -0.05) is 23.7 Å². The minimum atomic E-state index is -1.21. The van der Waals surface area contributed by atoms with Gasteiger partial charge in [-0.2, -0.15) is 0 Å². The first-order valence-electron chi connectivity index (χ1n) is 10.9. The lowest BCUT2D eigenvalue weighted by atomic mass is 10.0. The van der Waals surface area contributed by atoms with Crippen molar-refractivity contribution in [1.29, 1.82) is 0 Å². The standard InChI is InChI=1S/C24H27ClFN3O5.ClH/c1-27(22(30)16-29(24(32)33)10-4-9-28-11-13-34-14-12-28)21-8-7-17(25)15-19(21)23(31)18-5-2-3-6-20(18)26;/h2-3,5-8,15H,4,9-14,16H2,1H3,(H,32,33);1H. The number of hydrogen-bond donors (Lipinski definition) is 1. The maximum atomic E-state index is 14.2. The van der Waals surface area contributed by atoms with Gasteiger partial charge in [0.2, 0.25) is 5.91 Å². The van der Waals surface area contributed by atoms with Crippen LogP contribution in [-0.2, 0) is 9.53 Å². The van der Waals surface area contributed by atoms with Gasteiger partial charge in [0.05, 0.1) is 24.5 Å². The van der Waals surface area contributed by atoms with E-state index < -0.39 is 23.6 Å². The molecular formula is C24H28Cl2FN3O5. The highest BCUT2D eigenvalue weighted by atomic mass is 35.5. The molecule has 2 aromatic rings. The van der Waals surface area contributed by atoms with Gasteiger partial charge in [-0.15, -0.1) is 12.4 Å². The number of morpholine rings is 1. The van der Waals surface area contributed by atoms with E-state index in [1.54, 1.807) is 0 Å². The molecule has 0 unspecified atom stereocenters. The van der Waals surface area contributed by atoms with Gasteiger partial charge < -0.3 is 14.7 Å². The molecule has 3 rings (SSSR count). The number of carbonyl (C=O) groups is 3. The number of ketones is 1. The number of hydrogen-bond acceptors (Lipinski definition) is 5. The van der Waals surface area contributed by atoms with Crippen LogP contribution in [0.4, 0.5) is 14.9 Å². The van der Waals surface area contributed by atoms with Crippen LogP contribution < -0.4 is 4.90 Å². The van der Waals surface area contributed by atoms with E-state index in [2.05, 4.69) is 4.90 Å². The lowest BCUT2D eigenvalue weighted by Gasteiger charge is -2.28. The Morgan fingerprint density at radius 3 is 2.46 bits per heavy atom. The second-order valence-electron chi connectivity index (χ2n) is 7.93. The summed E-state index contributed by atoms with van der Waals surface area (Å²) in [6.45, 7) is 3.41. The van der Waals surface area contributed by atoms with Crippen LogP contribution >= 0.6 is 24.0 Å². The SMILES string of the molecule is CN(C(=O)CN(CCCN1CCOCC1)C(=O)O)c1ccc(Cl)cc1C(=O)c1ccccc1F.Cl. The van der Waals surface area contributed by atoms with E-state index in [4.69, 9.17) is 16.3 Å². The number of amides is 2. The number of benzene rings is 2. The Morgan fingerprint density at radius 2 is 1.80 bits per heavy atom. The van der Waals surface area contributed by atoms with Crippen LogP contribution in [0.25, 0.3) is 0 Å². The molecule has 0 saturated carbocycles. The highest BCUT2D eigenvalue weighted by Crippen LogP contribution is 2.27. The minimum Gasteiger partial charge on any atom is -0.465 e. The Kier molecular flexibility index (Phi) is 10.9. The van der Waals surface area contributed by atoms with Crippen LogP contribution in [0.1, 0.15) is 22.3 Å². The van der Waals surface area contributed by atoms with Crippen molar-refractivity contribution >= 4 is 47.5 Å². The molecule has 0 aliphatic carbocycles. The summed E-state index contributed by atoms with van der Waals surface area (Å²) in [4.78, 5) is 42.2. The normalized spacial score (nSPS) is 13.6. The molecule has 0 bridgehead atoms. The van der Waals surface area contributed by atoms with Gasteiger partial charge in [0, 0.05) is 43.8 Å². The molecule has 1 heterocycles. The van der Waals surface area contributed by atoms with Gasteiger partial charge in [-0.3, -0.25) is 19.4 Å². The first-order valence-corrected chi connectivity index (χ1v) is 11.3. The molecule has 1 fully saturated rings. The van der Waals surface area contributed by atoms with Crippen LogP contribution in [0.2, 0.25) is 5.02 Å². The summed E-state index contributed by atoms with van der Waals surface area (Å²) < 4.78 is 19.5. The third kappa shape index (κ3) is 7.63. The van der Waals surface area contributed by atoms with Crippen molar-refractivity contribution in [3.05, 3.63) is 64.4 Å². The molecule has 1 aliphatic rings. The maximum Gasteiger partial charge on any atom is 0.407 e. The third-order valence-electron chi connectivity index (χ3n) is 5.66. The molecular weight excluding hydrogens is 500 g/mol. The van der Waals surface area contributed by atoms with Gasteiger partial charge in [0.15, 0.2) is 5.78 Å². The van der Waals surface area contributed by atoms with Crippen LogP contribution in [0.3, 0.4) is 0 Å². The summed E-state index contributed by atoms with van der Waals surface area (Å²) in [6, 6.07) is 9.90. The second kappa shape index (κ2) is 13.4. The Hall–Kier alpha value is -2.72. The van der Waals surface area contributed by atoms with Crippen molar-refractivity contribution in [3.63, 3.8) is 0 Å². The first kappa shape index (κ1) is 28.5. The molecule has 35 heavy (non-hydrogen) atoms. The largest absolute Gasteiger partial charge is 0.465 e. The zero-order valence-corrected chi connectivity index (χ0v) is 20.9. The quantitative estimate of drug-likeness (QED) is 0.499. The molecule has 2 aromatic carbocycles. The summed E-state index contributed by atoms with van der Waals surface area (Å²) in [5, 5.41) is 9.83. The van der Waals surface area contributed by atoms with Crippen LogP contribution in [0, 0.1) is 5.82 Å². The summed E-state index contributed by atoms with van der Waals surface area (Å²) in [6.07, 6.45) is -0.635.